The van der Waals surface area contributed by atoms with Crippen molar-refractivity contribution in [2.24, 2.45) is 0 Å². The van der Waals surface area contributed by atoms with E-state index in [0.29, 0.717) is 11.0 Å². The Morgan fingerprint density at radius 2 is 1.96 bits per heavy atom. The summed E-state index contributed by atoms with van der Waals surface area (Å²) < 4.78 is 24.8. The zero-order chi connectivity index (χ0) is 16.9. The number of rotatable bonds is 5. The van der Waals surface area contributed by atoms with E-state index in [0.717, 1.165) is 6.20 Å². The lowest BCUT2D eigenvalue weighted by Crippen LogP contribution is -2.07. The monoisotopic (exact) mass is 347 g/mol. The largest absolute Gasteiger partial charge is 0.329 e. The van der Waals surface area contributed by atoms with Gasteiger partial charge in [0.15, 0.2) is 10.1 Å². The van der Waals surface area contributed by atoms with E-state index in [1.54, 1.807) is 31.2 Å². The lowest BCUT2D eigenvalue weighted by molar-refractivity contribution is 0.603. The van der Waals surface area contributed by atoms with Gasteiger partial charge in [0.1, 0.15) is 11.9 Å². The summed E-state index contributed by atoms with van der Waals surface area (Å²) in [5.41, 5.74) is 0. The van der Waals surface area contributed by atoms with E-state index in [1.807, 2.05) is 6.26 Å². The van der Waals surface area contributed by atoms with E-state index in [1.165, 1.54) is 23.9 Å². The first-order valence-electron chi connectivity index (χ1n) is 6.41. The van der Waals surface area contributed by atoms with E-state index in [-0.39, 0.29) is 10.8 Å². The van der Waals surface area contributed by atoms with Crippen LogP contribution in [0.4, 0.5) is 5.95 Å². The zero-order valence-electron chi connectivity index (χ0n) is 12.4. The number of benzene rings is 1. The molecule has 0 aliphatic heterocycles. The minimum Gasteiger partial charge on any atom is -0.329 e. The zero-order valence-corrected chi connectivity index (χ0v) is 14.0. The van der Waals surface area contributed by atoms with E-state index >= 15 is 0 Å². The Kier molecular flexibility index (Phi) is 5.31. The molecule has 1 N–H and O–H groups in total. The molecule has 118 valence electrons. The van der Waals surface area contributed by atoms with Crippen LogP contribution >= 0.6 is 11.8 Å². The second-order valence-electron chi connectivity index (χ2n) is 4.27. The van der Waals surface area contributed by atoms with Crippen molar-refractivity contribution in [2.45, 2.75) is 17.0 Å². The average Bonchev–Trinajstić information content (AvgIpc) is 2.55. The number of allylic oxidation sites excluding steroid dienone is 1. The van der Waals surface area contributed by atoms with Gasteiger partial charge in [-0.05, 0) is 25.3 Å². The van der Waals surface area contributed by atoms with Crippen LogP contribution < -0.4 is 5.32 Å². The normalized spacial score (nSPS) is 11.8. The molecule has 0 bridgehead atoms. The molecule has 0 fully saturated rings. The first kappa shape index (κ1) is 16.9. The fourth-order valence-corrected chi connectivity index (χ4v) is 3.14. The van der Waals surface area contributed by atoms with Crippen molar-refractivity contribution in [1.29, 1.82) is 5.26 Å². The lowest BCUT2D eigenvalue weighted by atomic mass is 10.4. The van der Waals surface area contributed by atoms with Crippen molar-refractivity contribution in [3.8, 4) is 6.07 Å². The summed E-state index contributed by atoms with van der Waals surface area (Å²) in [6.07, 6.45) is 2.90. The highest BCUT2D eigenvalue weighted by Gasteiger charge is 2.20. The molecule has 23 heavy (non-hydrogen) atoms. The van der Waals surface area contributed by atoms with Gasteiger partial charge in [0.25, 0.3) is 0 Å². The number of hydrogen-bond donors (Lipinski definition) is 1. The van der Waals surface area contributed by atoms with Crippen LogP contribution in [0.3, 0.4) is 0 Å². The molecular formula is C14H13N5O2S2. The molecule has 0 aliphatic carbocycles. The SMILES string of the molecule is CSc1nc(C)nc(N/C=C(/C#N)S(=O)(=O)c2ccccc2)n1. The maximum Gasteiger partial charge on any atom is 0.231 e. The van der Waals surface area contributed by atoms with Gasteiger partial charge in [0, 0.05) is 6.20 Å². The Bertz CT molecular complexity index is 874. The van der Waals surface area contributed by atoms with Crippen LogP contribution in [0.2, 0.25) is 0 Å². The van der Waals surface area contributed by atoms with Gasteiger partial charge in [0.2, 0.25) is 15.8 Å². The maximum atomic E-state index is 12.4. The van der Waals surface area contributed by atoms with Gasteiger partial charge in [-0.2, -0.15) is 15.2 Å². The summed E-state index contributed by atoms with van der Waals surface area (Å²) in [7, 11) is -3.89. The van der Waals surface area contributed by atoms with E-state index in [2.05, 4.69) is 20.3 Å². The first-order valence-corrected chi connectivity index (χ1v) is 9.12. The van der Waals surface area contributed by atoms with Crippen LogP contribution in [0.25, 0.3) is 0 Å². The number of thioether (sulfide) groups is 1. The molecule has 0 unspecified atom stereocenters. The number of nitriles is 1. The van der Waals surface area contributed by atoms with Crippen LogP contribution in [-0.4, -0.2) is 29.6 Å². The van der Waals surface area contributed by atoms with Crippen LogP contribution in [0.15, 0.2) is 51.5 Å². The van der Waals surface area contributed by atoms with Crippen LogP contribution in [0, 0.1) is 18.3 Å². The van der Waals surface area contributed by atoms with E-state index in [9.17, 15) is 8.42 Å². The molecule has 1 aromatic carbocycles. The van der Waals surface area contributed by atoms with E-state index in [4.69, 9.17) is 5.26 Å². The molecular weight excluding hydrogens is 334 g/mol. The summed E-state index contributed by atoms with van der Waals surface area (Å²) >= 11 is 1.33. The van der Waals surface area contributed by atoms with Gasteiger partial charge >= 0.3 is 0 Å². The van der Waals surface area contributed by atoms with Gasteiger partial charge in [-0.15, -0.1) is 0 Å². The van der Waals surface area contributed by atoms with Crippen molar-refractivity contribution < 1.29 is 8.42 Å². The molecule has 9 heteroatoms. The second-order valence-corrected chi connectivity index (χ2v) is 6.97. The maximum absolute atomic E-state index is 12.4. The summed E-state index contributed by atoms with van der Waals surface area (Å²) in [4.78, 5) is 11.9. The molecule has 2 rings (SSSR count). The van der Waals surface area contributed by atoms with Crippen LogP contribution in [-0.2, 0) is 9.84 Å². The Balaban J connectivity index is 2.34. The van der Waals surface area contributed by atoms with Crippen molar-refractivity contribution in [1.82, 2.24) is 15.0 Å². The molecule has 1 heterocycles. The molecule has 0 amide bonds. The number of aryl methyl sites for hydroxylation is 1. The molecule has 0 spiro atoms. The number of anilines is 1. The second kappa shape index (κ2) is 7.21. The quantitative estimate of drug-likeness (QED) is 0.647. The molecule has 0 saturated heterocycles. The third kappa shape index (κ3) is 4.06. The van der Waals surface area contributed by atoms with Gasteiger partial charge < -0.3 is 5.32 Å². The summed E-state index contributed by atoms with van der Waals surface area (Å²) in [5.74, 6) is 0.669. The number of hydrogen-bond acceptors (Lipinski definition) is 8. The predicted octanol–water partition coefficient (Wildman–Crippen LogP) is 2.15. The predicted molar refractivity (Wildman–Crippen MR) is 87.3 cm³/mol. The Morgan fingerprint density at radius 1 is 1.26 bits per heavy atom. The molecule has 0 aliphatic rings. The van der Waals surface area contributed by atoms with Crippen LogP contribution in [0.5, 0.6) is 0 Å². The topological polar surface area (TPSA) is 109 Å². The van der Waals surface area contributed by atoms with Crippen LogP contribution in [0.1, 0.15) is 5.82 Å². The lowest BCUT2D eigenvalue weighted by Gasteiger charge is -2.05. The third-order valence-corrected chi connectivity index (χ3v) is 4.92. The molecule has 0 saturated carbocycles. The number of aromatic nitrogens is 3. The van der Waals surface area contributed by atoms with Gasteiger partial charge in [-0.3, -0.25) is 0 Å². The number of nitrogens with zero attached hydrogens (tertiary/aromatic N) is 4. The molecule has 1 aromatic heterocycles. The van der Waals surface area contributed by atoms with Crippen molar-refractivity contribution >= 4 is 27.5 Å². The molecule has 2 aromatic rings. The highest BCUT2D eigenvalue weighted by atomic mass is 32.2. The average molecular weight is 347 g/mol. The minimum absolute atomic E-state index is 0.0474. The smallest absolute Gasteiger partial charge is 0.231 e. The van der Waals surface area contributed by atoms with E-state index < -0.39 is 14.7 Å². The van der Waals surface area contributed by atoms with Crippen molar-refractivity contribution in [3.05, 3.63) is 47.3 Å². The highest BCUT2D eigenvalue weighted by Crippen LogP contribution is 2.18. The first-order chi connectivity index (χ1) is 11.0. The molecule has 7 nitrogen and oxygen atoms in total. The fraction of sp³-hybridized carbons (Fsp3) is 0.143. The Morgan fingerprint density at radius 3 is 2.57 bits per heavy atom. The standard InChI is InChI=1S/C14H13N5O2S2/c1-10-17-13(19-14(18-10)22-2)16-9-12(8-15)23(20,21)11-6-4-3-5-7-11/h3-7,9H,1-2H3,(H,16,17,18,19)/b12-9-. The number of nitrogens with one attached hydrogen (secondary N) is 1. The molecule has 0 atom stereocenters. The number of sulfone groups is 1. The summed E-state index contributed by atoms with van der Waals surface area (Å²) in [5, 5.41) is 12.3. The minimum atomic E-state index is -3.89. The van der Waals surface area contributed by atoms with Gasteiger partial charge in [-0.1, -0.05) is 30.0 Å². The Hall–Kier alpha value is -2.44. The van der Waals surface area contributed by atoms with Crippen molar-refractivity contribution in [2.75, 3.05) is 11.6 Å². The van der Waals surface area contributed by atoms with Gasteiger partial charge in [-0.25, -0.2) is 13.4 Å². The van der Waals surface area contributed by atoms with Crippen molar-refractivity contribution in [3.63, 3.8) is 0 Å². The summed E-state index contributed by atoms with van der Waals surface area (Å²) in [6.45, 7) is 1.70. The third-order valence-electron chi connectivity index (χ3n) is 2.69. The highest BCUT2D eigenvalue weighted by molar-refractivity contribution is 7.98. The Labute approximate surface area is 138 Å². The molecule has 0 radical (unpaired) electrons. The van der Waals surface area contributed by atoms with Gasteiger partial charge in [0.05, 0.1) is 4.90 Å². The summed E-state index contributed by atoms with van der Waals surface area (Å²) in [6, 6.07) is 9.43. The fourth-order valence-electron chi connectivity index (χ4n) is 1.64.